The third-order valence-electron chi connectivity index (χ3n) is 6.84. The van der Waals surface area contributed by atoms with Gasteiger partial charge in [0.05, 0.1) is 0 Å². The Hall–Kier alpha value is -3.51. The van der Waals surface area contributed by atoms with Crippen LogP contribution in [-0.4, -0.2) is 48.4 Å². The van der Waals surface area contributed by atoms with E-state index in [0.717, 1.165) is 35.4 Å². The molecule has 1 amide bonds. The molecule has 2 aliphatic heterocycles. The van der Waals surface area contributed by atoms with Gasteiger partial charge < -0.3 is 19.9 Å². The van der Waals surface area contributed by atoms with Crippen LogP contribution < -0.4 is 10.1 Å². The SMILES string of the molecule is Cc1cc(Cc2ccc(O)cc2-c2ccc(OCC3COC(=O)N3)cc2)ccc1CN1CCCC1. The molecule has 1 atom stereocenters. The highest BCUT2D eigenvalue weighted by molar-refractivity contribution is 5.70. The fourth-order valence-corrected chi connectivity index (χ4v) is 4.88. The summed E-state index contributed by atoms with van der Waals surface area (Å²) in [6, 6.07) is 20.1. The zero-order chi connectivity index (χ0) is 24.2. The number of nitrogens with zero attached hydrogens (tertiary/aromatic N) is 1. The number of aromatic hydroxyl groups is 1. The van der Waals surface area contributed by atoms with Gasteiger partial charge in [-0.05, 0) is 96.9 Å². The number of hydrogen-bond donors (Lipinski definition) is 2. The van der Waals surface area contributed by atoms with E-state index in [2.05, 4.69) is 35.3 Å². The maximum absolute atomic E-state index is 11.2. The standard InChI is InChI=1S/C29H32N2O4/c1-20-14-21(4-5-24(20)17-31-12-2-3-13-31)15-23-6-9-26(32)16-28(23)22-7-10-27(11-8-22)34-18-25-19-35-29(33)30-25/h4-11,14,16,25,32H,2-3,12-13,15,17-19H2,1H3,(H,30,33). The zero-order valence-electron chi connectivity index (χ0n) is 20.1. The van der Waals surface area contributed by atoms with Gasteiger partial charge in [-0.2, -0.15) is 0 Å². The normalized spacial score (nSPS) is 17.9. The molecule has 2 N–H and O–H groups in total. The van der Waals surface area contributed by atoms with Crippen molar-refractivity contribution in [2.45, 2.75) is 38.8 Å². The van der Waals surface area contributed by atoms with Crippen LogP contribution in [0.25, 0.3) is 11.1 Å². The quantitative estimate of drug-likeness (QED) is 0.481. The second kappa shape index (κ2) is 10.4. The van der Waals surface area contributed by atoms with Crippen LogP contribution >= 0.6 is 0 Å². The summed E-state index contributed by atoms with van der Waals surface area (Å²) >= 11 is 0. The predicted octanol–water partition coefficient (Wildman–Crippen LogP) is 5.04. The Morgan fingerprint density at radius 1 is 1.03 bits per heavy atom. The number of alkyl carbamates (subject to hydrolysis) is 1. The molecular weight excluding hydrogens is 440 g/mol. The van der Waals surface area contributed by atoms with Crippen molar-refractivity contribution in [2.75, 3.05) is 26.3 Å². The second-order valence-corrected chi connectivity index (χ2v) is 9.54. The highest BCUT2D eigenvalue weighted by Gasteiger charge is 2.22. The van der Waals surface area contributed by atoms with Crippen molar-refractivity contribution in [1.29, 1.82) is 0 Å². The van der Waals surface area contributed by atoms with E-state index in [9.17, 15) is 9.90 Å². The maximum Gasteiger partial charge on any atom is 0.407 e. The number of aryl methyl sites for hydroxylation is 1. The molecule has 0 aromatic heterocycles. The fourth-order valence-electron chi connectivity index (χ4n) is 4.88. The number of amides is 1. The number of cyclic esters (lactones) is 1. The van der Waals surface area contributed by atoms with Crippen LogP contribution in [0.5, 0.6) is 11.5 Å². The highest BCUT2D eigenvalue weighted by atomic mass is 16.6. The summed E-state index contributed by atoms with van der Waals surface area (Å²) in [5.74, 6) is 0.971. The summed E-state index contributed by atoms with van der Waals surface area (Å²) in [6.45, 7) is 6.32. The molecule has 2 saturated heterocycles. The number of rotatable bonds is 8. The highest BCUT2D eigenvalue weighted by Crippen LogP contribution is 2.31. The molecule has 0 saturated carbocycles. The van der Waals surface area contributed by atoms with Gasteiger partial charge in [-0.1, -0.05) is 36.4 Å². The van der Waals surface area contributed by atoms with Gasteiger partial charge in [-0.25, -0.2) is 4.79 Å². The lowest BCUT2D eigenvalue weighted by atomic mass is 9.93. The first-order chi connectivity index (χ1) is 17.0. The van der Waals surface area contributed by atoms with Crippen molar-refractivity contribution < 1.29 is 19.4 Å². The first-order valence-electron chi connectivity index (χ1n) is 12.3. The van der Waals surface area contributed by atoms with Gasteiger partial charge in [0.25, 0.3) is 0 Å². The molecule has 6 nitrogen and oxygen atoms in total. The molecule has 2 fully saturated rings. The Labute approximate surface area is 206 Å². The van der Waals surface area contributed by atoms with E-state index >= 15 is 0 Å². The van der Waals surface area contributed by atoms with Gasteiger partial charge in [-0.15, -0.1) is 0 Å². The van der Waals surface area contributed by atoms with Crippen LogP contribution in [0, 0.1) is 6.92 Å². The molecule has 0 aliphatic carbocycles. The number of benzene rings is 3. The van der Waals surface area contributed by atoms with Gasteiger partial charge in [0.15, 0.2) is 0 Å². The van der Waals surface area contributed by atoms with Gasteiger partial charge in [0.2, 0.25) is 0 Å². The van der Waals surface area contributed by atoms with Gasteiger partial charge >= 0.3 is 6.09 Å². The number of ether oxygens (including phenoxy) is 2. The topological polar surface area (TPSA) is 71.0 Å². The van der Waals surface area contributed by atoms with Crippen molar-refractivity contribution in [1.82, 2.24) is 10.2 Å². The van der Waals surface area contributed by atoms with Crippen LogP contribution in [0.2, 0.25) is 0 Å². The number of carbonyl (C=O) groups excluding carboxylic acids is 1. The average Bonchev–Trinajstić information content (AvgIpc) is 3.52. The Balaban J connectivity index is 1.29. The summed E-state index contributed by atoms with van der Waals surface area (Å²) in [4.78, 5) is 13.7. The fraction of sp³-hybridized carbons (Fsp3) is 0.345. The molecule has 1 unspecified atom stereocenters. The molecule has 182 valence electrons. The van der Waals surface area contributed by atoms with E-state index in [0.29, 0.717) is 13.2 Å². The molecule has 35 heavy (non-hydrogen) atoms. The number of nitrogens with one attached hydrogen (secondary N) is 1. The minimum absolute atomic E-state index is 0.134. The van der Waals surface area contributed by atoms with Gasteiger partial charge in [-0.3, -0.25) is 4.90 Å². The molecule has 0 bridgehead atoms. The molecule has 3 aromatic carbocycles. The van der Waals surface area contributed by atoms with E-state index in [1.54, 1.807) is 6.07 Å². The van der Waals surface area contributed by atoms with Gasteiger partial charge in [0, 0.05) is 6.54 Å². The average molecular weight is 473 g/mol. The van der Waals surface area contributed by atoms with E-state index < -0.39 is 6.09 Å². The summed E-state index contributed by atoms with van der Waals surface area (Å²) in [7, 11) is 0. The maximum atomic E-state index is 11.2. The lowest BCUT2D eigenvalue weighted by Gasteiger charge is -2.17. The van der Waals surface area contributed by atoms with Crippen LogP contribution in [0.15, 0.2) is 60.7 Å². The molecule has 6 heteroatoms. The smallest absolute Gasteiger partial charge is 0.407 e. The zero-order valence-corrected chi connectivity index (χ0v) is 20.1. The predicted molar refractivity (Wildman–Crippen MR) is 136 cm³/mol. The number of likely N-dealkylation sites (tertiary alicyclic amines) is 1. The first kappa shape index (κ1) is 23.2. The number of phenols is 1. The van der Waals surface area contributed by atoms with Crippen molar-refractivity contribution in [2.24, 2.45) is 0 Å². The molecule has 5 rings (SSSR count). The largest absolute Gasteiger partial charge is 0.508 e. The molecule has 3 aromatic rings. The number of hydrogen-bond acceptors (Lipinski definition) is 5. The Morgan fingerprint density at radius 2 is 1.80 bits per heavy atom. The third kappa shape index (κ3) is 5.77. The lowest BCUT2D eigenvalue weighted by molar-refractivity contribution is 0.174. The molecular formula is C29H32N2O4. The monoisotopic (exact) mass is 472 g/mol. The van der Waals surface area contributed by atoms with Crippen LogP contribution in [0.4, 0.5) is 4.79 Å². The Morgan fingerprint density at radius 3 is 2.51 bits per heavy atom. The summed E-state index contributed by atoms with van der Waals surface area (Å²) < 4.78 is 10.7. The number of carbonyl (C=O) groups is 1. The second-order valence-electron chi connectivity index (χ2n) is 9.54. The first-order valence-corrected chi connectivity index (χ1v) is 12.3. The van der Waals surface area contributed by atoms with Crippen LogP contribution in [0.1, 0.15) is 35.1 Å². The van der Waals surface area contributed by atoms with E-state index in [1.165, 1.54) is 42.6 Å². The van der Waals surface area contributed by atoms with Crippen LogP contribution in [-0.2, 0) is 17.7 Å². The van der Waals surface area contributed by atoms with Crippen molar-refractivity contribution in [3.05, 3.63) is 82.9 Å². The van der Waals surface area contributed by atoms with Crippen molar-refractivity contribution in [3.8, 4) is 22.6 Å². The summed E-state index contributed by atoms with van der Waals surface area (Å²) in [5, 5.41) is 12.9. The minimum Gasteiger partial charge on any atom is -0.508 e. The van der Waals surface area contributed by atoms with E-state index in [1.807, 2.05) is 36.4 Å². The summed E-state index contributed by atoms with van der Waals surface area (Å²) in [6.07, 6.45) is 3.00. The van der Waals surface area contributed by atoms with Gasteiger partial charge in [0.1, 0.15) is 30.8 Å². The minimum atomic E-state index is -0.401. The van der Waals surface area contributed by atoms with E-state index in [4.69, 9.17) is 9.47 Å². The Bertz CT molecular complexity index is 1190. The summed E-state index contributed by atoms with van der Waals surface area (Å²) in [5.41, 5.74) is 7.19. The molecule has 0 radical (unpaired) electrons. The van der Waals surface area contributed by atoms with Crippen molar-refractivity contribution in [3.63, 3.8) is 0 Å². The molecule has 2 heterocycles. The van der Waals surface area contributed by atoms with E-state index in [-0.39, 0.29) is 11.8 Å². The Kier molecular flexibility index (Phi) is 6.91. The lowest BCUT2D eigenvalue weighted by Crippen LogP contribution is -2.32. The third-order valence-corrected chi connectivity index (χ3v) is 6.84. The van der Waals surface area contributed by atoms with Crippen LogP contribution in [0.3, 0.4) is 0 Å². The van der Waals surface area contributed by atoms with Crippen molar-refractivity contribution >= 4 is 6.09 Å². The molecule has 2 aliphatic rings. The number of phenolic OH excluding ortho intramolecular Hbond substituents is 1. The molecule has 0 spiro atoms.